The first kappa shape index (κ1) is 17.3. The summed E-state index contributed by atoms with van der Waals surface area (Å²) in [5.41, 5.74) is -0.328. The van der Waals surface area contributed by atoms with Crippen molar-refractivity contribution in [2.45, 2.75) is 85.0 Å². The summed E-state index contributed by atoms with van der Waals surface area (Å²) < 4.78 is 5.53. The molecule has 0 bridgehead atoms. The summed E-state index contributed by atoms with van der Waals surface area (Å²) in [6.07, 6.45) is 3.12. The first-order valence-electron chi connectivity index (χ1n) is 7.68. The Bertz CT molecular complexity index is 329. The molecule has 0 aromatic rings. The Balaban J connectivity index is 2.74. The topological polar surface area (TPSA) is 49.8 Å². The summed E-state index contributed by atoms with van der Waals surface area (Å²) >= 11 is 0. The van der Waals surface area contributed by atoms with Crippen LogP contribution in [0.4, 0.5) is 4.79 Å². The molecule has 1 saturated heterocycles. The molecule has 4 nitrogen and oxygen atoms in total. The fraction of sp³-hybridized carbons (Fsp3) is 0.938. The van der Waals surface area contributed by atoms with E-state index in [1.165, 1.54) is 0 Å². The number of aliphatic hydroxyl groups is 1. The Morgan fingerprint density at radius 3 is 2.55 bits per heavy atom. The number of carbonyl (C=O) groups excluding carboxylic acids is 1. The lowest BCUT2D eigenvalue weighted by Crippen LogP contribution is -2.51. The predicted octanol–water partition coefficient (Wildman–Crippen LogP) is 3.57. The number of amides is 1. The van der Waals surface area contributed by atoms with Gasteiger partial charge in [-0.15, -0.1) is 0 Å². The van der Waals surface area contributed by atoms with Gasteiger partial charge in [-0.2, -0.15) is 0 Å². The van der Waals surface area contributed by atoms with Crippen molar-refractivity contribution >= 4 is 6.09 Å². The molecule has 1 heterocycles. The minimum Gasteiger partial charge on any atom is -0.444 e. The lowest BCUT2D eigenvalue weighted by atomic mass is 9.80. The van der Waals surface area contributed by atoms with Crippen molar-refractivity contribution < 1.29 is 14.6 Å². The molecule has 4 heteroatoms. The van der Waals surface area contributed by atoms with Crippen molar-refractivity contribution in [1.29, 1.82) is 0 Å². The third-order valence-corrected chi connectivity index (χ3v) is 3.74. The molecule has 1 aliphatic rings. The van der Waals surface area contributed by atoms with Crippen LogP contribution in [0.3, 0.4) is 0 Å². The van der Waals surface area contributed by atoms with Gasteiger partial charge in [-0.05, 0) is 58.8 Å². The highest BCUT2D eigenvalue weighted by molar-refractivity contribution is 5.68. The zero-order valence-corrected chi connectivity index (χ0v) is 13.9. The number of piperidine rings is 1. The van der Waals surface area contributed by atoms with Crippen molar-refractivity contribution in [3.05, 3.63) is 0 Å². The summed E-state index contributed by atoms with van der Waals surface area (Å²) in [5, 5.41) is 9.46. The van der Waals surface area contributed by atoms with E-state index >= 15 is 0 Å². The summed E-state index contributed by atoms with van der Waals surface area (Å²) in [5.74, 6) is 0. The zero-order valence-electron chi connectivity index (χ0n) is 13.9. The molecule has 0 saturated carbocycles. The highest BCUT2D eigenvalue weighted by Crippen LogP contribution is 2.34. The molecular weight excluding hydrogens is 254 g/mol. The molecule has 1 aliphatic heterocycles. The molecule has 0 aromatic heterocycles. The van der Waals surface area contributed by atoms with Crippen LogP contribution in [-0.4, -0.2) is 40.4 Å². The fourth-order valence-corrected chi connectivity index (χ4v) is 2.65. The van der Waals surface area contributed by atoms with Crippen LogP contribution < -0.4 is 0 Å². The van der Waals surface area contributed by atoms with Gasteiger partial charge in [0.25, 0.3) is 0 Å². The normalized spacial score (nSPS) is 24.4. The number of carbonyl (C=O) groups is 1. The maximum absolute atomic E-state index is 12.4. The van der Waals surface area contributed by atoms with E-state index in [2.05, 4.69) is 13.8 Å². The van der Waals surface area contributed by atoms with E-state index < -0.39 is 5.60 Å². The summed E-state index contributed by atoms with van der Waals surface area (Å²) in [7, 11) is 0. The molecule has 0 radical (unpaired) electrons. The molecule has 1 fully saturated rings. The Labute approximate surface area is 123 Å². The molecule has 1 amide bonds. The van der Waals surface area contributed by atoms with Gasteiger partial charge < -0.3 is 14.7 Å². The van der Waals surface area contributed by atoms with Gasteiger partial charge in [0, 0.05) is 12.6 Å². The van der Waals surface area contributed by atoms with Gasteiger partial charge in [0.05, 0.1) is 6.10 Å². The molecule has 0 aromatic carbocycles. The molecule has 1 rings (SSSR count). The minimum absolute atomic E-state index is 0.137. The second kappa shape index (κ2) is 6.33. The maximum atomic E-state index is 12.4. The highest BCUT2D eigenvalue weighted by atomic mass is 16.6. The van der Waals surface area contributed by atoms with E-state index in [9.17, 15) is 9.90 Å². The third kappa shape index (κ3) is 5.70. The summed E-state index contributed by atoms with van der Waals surface area (Å²) in [4.78, 5) is 14.3. The van der Waals surface area contributed by atoms with Crippen LogP contribution in [0.2, 0.25) is 0 Å². The largest absolute Gasteiger partial charge is 0.444 e. The number of rotatable bonds is 3. The van der Waals surface area contributed by atoms with Crippen molar-refractivity contribution in [3.8, 4) is 0 Å². The monoisotopic (exact) mass is 285 g/mol. The van der Waals surface area contributed by atoms with Gasteiger partial charge in [-0.3, -0.25) is 0 Å². The van der Waals surface area contributed by atoms with Crippen LogP contribution in [0.1, 0.15) is 67.2 Å². The van der Waals surface area contributed by atoms with Crippen LogP contribution in [-0.2, 0) is 4.74 Å². The number of hydrogen-bond acceptors (Lipinski definition) is 3. The van der Waals surface area contributed by atoms with E-state index in [1.807, 2.05) is 25.7 Å². The van der Waals surface area contributed by atoms with Crippen molar-refractivity contribution in [2.24, 2.45) is 5.41 Å². The van der Waals surface area contributed by atoms with Gasteiger partial charge in [0.2, 0.25) is 0 Å². The molecule has 0 spiro atoms. The quantitative estimate of drug-likeness (QED) is 0.862. The highest BCUT2D eigenvalue weighted by Gasteiger charge is 2.37. The Hall–Kier alpha value is -0.770. The lowest BCUT2D eigenvalue weighted by molar-refractivity contribution is -0.0107. The second-order valence-corrected chi connectivity index (χ2v) is 7.89. The van der Waals surface area contributed by atoms with Gasteiger partial charge in [-0.1, -0.05) is 13.8 Å². The van der Waals surface area contributed by atoms with Crippen LogP contribution in [0.25, 0.3) is 0 Å². The van der Waals surface area contributed by atoms with Gasteiger partial charge >= 0.3 is 6.09 Å². The molecule has 20 heavy (non-hydrogen) atoms. The van der Waals surface area contributed by atoms with E-state index in [-0.39, 0.29) is 23.7 Å². The molecule has 1 unspecified atom stereocenters. The second-order valence-electron chi connectivity index (χ2n) is 7.89. The molecular formula is C16H31NO3. The average Bonchev–Trinajstić information content (AvgIpc) is 2.23. The molecule has 2 atom stereocenters. The zero-order chi connectivity index (χ0) is 15.6. The molecule has 1 N–H and O–H groups in total. The summed E-state index contributed by atoms with van der Waals surface area (Å²) in [6.45, 7) is 12.6. The third-order valence-electron chi connectivity index (χ3n) is 3.74. The van der Waals surface area contributed by atoms with Gasteiger partial charge in [-0.25, -0.2) is 4.79 Å². The lowest BCUT2D eigenvalue weighted by Gasteiger charge is -2.44. The standard InChI is InChI=1S/C16H31NO3/c1-12(18)7-8-13-9-10-16(5,6)11-17(13)14(19)20-15(2,3)4/h12-13,18H,7-11H2,1-6H3/t12-,13?/m1/s1. The van der Waals surface area contributed by atoms with Crippen molar-refractivity contribution in [2.75, 3.05) is 6.54 Å². The Kier molecular flexibility index (Phi) is 5.47. The van der Waals surface area contributed by atoms with Crippen LogP contribution in [0.15, 0.2) is 0 Å². The van der Waals surface area contributed by atoms with E-state index in [0.29, 0.717) is 0 Å². The Morgan fingerprint density at radius 2 is 2.05 bits per heavy atom. The van der Waals surface area contributed by atoms with E-state index in [4.69, 9.17) is 4.74 Å². The summed E-state index contributed by atoms with van der Waals surface area (Å²) in [6, 6.07) is 0.187. The van der Waals surface area contributed by atoms with Crippen molar-refractivity contribution in [1.82, 2.24) is 4.90 Å². The number of hydrogen-bond donors (Lipinski definition) is 1. The predicted molar refractivity (Wildman–Crippen MR) is 80.7 cm³/mol. The first-order valence-corrected chi connectivity index (χ1v) is 7.68. The minimum atomic E-state index is -0.465. The Morgan fingerprint density at radius 1 is 1.45 bits per heavy atom. The van der Waals surface area contributed by atoms with Gasteiger partial charge in [0.15, 0.2) is 0 Å². The average molecular weight is 285 g/mol. The number of ether oxygens (including phenoxy) is 1. The van der Waals surface area contributed by atoms with E-state index in [0.717, 1.165) is 32.2 Å². The number of aliphatic hydroxyl groups excluding tert-OH is 1. The van der Waals surface area contributed by atoms with Gasteiger partial charge in [0.1, 0.15) is 5.60 Å². The molecule has 118 valence electrons. The smallest absolute Gasteiger partial charge is 0.410 e. The van der Waals surface area contributed by atoms with Crippen LogP contribution in [0.5, 0.6) is 0 Å². The van der Waals surface area contributed by atoms with Crippen LogP contribution >= 0.6 is 0 Å². The molecule has 0 aliphatic carbocycles. The SMILES string of the molecule is C[C@@H](O)CCC1CCC(C)(C)CN1C(=O)OC(C)(C)C. The maximum Gasteiger partial charge on any atom is 0.410 e. The first-order chi connectivity index (χ1) is 9.00. The van der Waals surface area contributed by atoms with Crippen molar-refractivity contribution in [3.63, 3.8) is 0 Å². The number of likely N-dealkylation sites (tertiary alicyclic amines) is 1. The number of nitrogens with zero attached hydrogens (tertiary/aromatic N) is 1. The fourth-order valence-electron chi connectivity index (χ4n) is 2.65. The van der Waals surface area contributed by atoms with Crippen LogP contribution in [0, 0.1) is 5.41 Å². The van der Waals surface area contributed by atoms with E-state index in [1.54, 1.807) is 6.92 Å².